The van der Waals surface area contributed by atoms with E-state index in [1.165, 1.54) is 12.1 Å². The molecule has 1 aromatic carbocycles. The van der Waals surface area contributed by atoms with Crippen molar-refractivity contribution in [1.82, 2.24) is 9.97 Å². The topological polar surface area (TPSA) is 97.8 Å². The number of hydrogen-bond donors (Lipinski definition) is 2. The molecule has 0 spiro atoms. The van der Waals surface area contributed by atoms with Gasteiger partial charge in [0.25, 0.3) is 5.69 Å². The highest BCUT2D eigenvalue weighted by molar-refractivity contribution is 5.62. The minimum absolute atomic E-state index is 0.0515. The Hall–Kier alpha value is -2.21. The second-order valence-corrected chi connectivity index (χ2v) is 4.67. The highest BCUT2D eigenvalue weighted by Crippen LogP contribution is 2.24. The molecule has 0 bridgehead atoms. The lowest BCUT2D eigenvalue weighted by atomic mass is 10.1. The fraction of sp³-hybridized carbons (Fsp3) is 0.250. The molecule has 2 aromatic rings. The van der Waals surface area contributed by atoms with Crippen LogP contribution in [0.25, 0.3) is 11.3 Å². The quantitative estimate of drug-likeness (QED) is 0.640. The van der Waals surface area contributed by atoms with Crippen molar-refractivity contribution in [3.8, 4) is 11.3 Å². The normalized spacial score (nSPS) is 11.5. The van der Waals surface area contributed by atoms with Crippen LogP contribution in [0.2, 0.25) is 0 Å². The summed E-state index contributed by atoms with van der Waals surface area (Å²) in [7, 11) is 0. The second-order valence-electron chi connectivity index (χ2n) is 4.67. The highest BCUT2D eigenvalue weighted by Gasteiger charge is 2.18. The number of nitrogens with zero attached hydrogens (tertiary/aromatic N) is 2. The van der Waals surface area contributed by atoms with Crippen LogP contribution in [0.1, 0.15) is 19.7 Å². The van der Waals surface area contributed by atoms with Gasteiger partial charge in [-0.25, -0.2) is 4.98 Å². The number of imidazole rings is 1. The van der Waals surface area contributed by atoms with Gasteiger partial charge in [0.05, 0.1) is 22.4 Å². The number of aromatic amines is 1. The number of aromatic nitrogens is 2. The fourth-order valence-corrected chi connectivity index (χ4v) is 1.58. The van der Waals surface area contributed by atoms with E-state index in [9.17, 15) is 10.1 Å². The third kappa shape index (κ3) is 2.38. The van der Waals surface area contributed by atoms with E-state index in [0.717, 1.165) is 0 Å². The molecule has 0 radical (unpaired) electrons. The summed E-state index contributed by atoms with van der Waals surface area (Å²) in [6.45, 7) is 3.67. The molecule has 0 aliphatic carbocycles. The third-order valence-corrected chi connectivity index (χ3v) is 2.55. The summed E-state index contributed by atoms with van der Waals surface area (Å²) < 4.78 is 0. The van der Waals surface area contributed by atoms with Crippen molar-refractivity contribution in [2.75, 3.05) is 0 Å². The van der Waals surface area contributed by atoms with Gasteiger partial charge in [0, 0.05) is 17.7 Å². The Morgan fingerprint density at radius 1 is 1.44 bits per heavy atom. The molecule has 0 fully saturated rings. The predicted octanol–water partition coefficient (Wildman–Crippen LogP) is 2.18. The smallest absolute Gasteiger partial charge is 0.270 e. The molecule has 18 heavy (non-hydrogen) atoms. The van der Waals surface area contributed by atoms with E-state index in [0.29, 0.717) is 17.1 Å². The number of nitro groups is 1. The molecule has 1 heterocycles. The number of benzene rings is 1. The number of nitrogens with two attached hydrogens (primary N) is 1. The van der Waals surface area contributed by atoms with Crippen LogP contribution in [0.3, 0.4) is 0 Å². The Morgan fingerprint density at radius 2 is 2.17 bits per heavy atom. The highest BCUT2D eigenvalue weighted by atomic mass is 16.6. The molecule has 1 aromatic heterocycles. The van der Waals surface area contributed by atoms with Crippen LogP contribution in [-0.4, -0.2) is 14.9 Å². The zero-order chi connectivity index (χ0) is 13.3. The van der Waals surface area contributed by atoms with E-state index >= 15 is 0 Å². The summed E-state index contributed by atoms with van der Waals surface area (Å²) >= 11 is 0. The van der Waals surface area contributed by atoms with Gasteiger partial charge in [-0.1, -0.05) is 12.1 Å². The molecule has 94 valence electrons. The van der Waals surface area contributed by atoms with Crippen molar-refractivity contribution < 1.29 is 4.92 Å². The van der Waals surface area contributed by atoms with Gasteiger partial charge in [-0.3, -0.25) is 10.1 Å². The van der Waals surface area contributed by atoms with Gasteiger partial charge in [0.15, 0.2) is 0 Å². The van der Waals surface area contributed by atoms with E-state index in [1.807, 2.05) is 13.8 Å². The number of hydrogen-bond acceptors (Lipinski definition) is 4. The minimum Gasteiger partial charge on any atom is -0.340 e. The Kier molecular flexibility index (Phi) is 2.88. The molecular formula is C12H14N4O2. The summed E-state index contributed by atoms with van der Waals surface area (Å²) in [5.74, 6) is 0.643. The summed E-state index contributed by atoms with van der Waals surface area (Å²) in [4.78, 5) is 17.6. The van der Waals surface area contributed by atoms with E-state index < -0.39 is 10.5 Å². The van der Waals surface area contributed by atoms with Crippen molar-refractivity contribution in [2.45, 2.75) is 19.4 Å². The van der Waals surface area contributed by atoms with Crippen molar-refractivity contribution in [2.24, 2.45) is 5.73 Å². The number of nitro benzene ring substituents is 1. The zero-order valence-corrected chi connectivity index (χ0v) is 10.2. The Balaban J connectivity index is 2.40. The first-order valence-corrected chi connectivity index (χ1v) is 5.47. The Morgan fingerprint density at radius 3 is 2.72 bits per heavy atom. The van der Waals surface area contributed by atoms with Crippen LogP contribution in [0.15, 0.2) is 30.5 Å². The summed E-state index contributed by atoms with van der Waals surface area (Å²) in [5.41, 5.74) is 6.84. The molecular weight excluding hydrogens is 232 g/mol. The first-order valence-electron chi connectivity index (χ1n) is 5.47. The van der Waals surface area contributed by atoms with Gasteiger partial charge in [-0.05, 0) is 13.8 Å². The molecule has 0 unspecified atom stereocenters. The van der Waals surface area contributed by atoms with Gasteiger partial charge in [-0.15, -0.1) is 0 Å². The van der Waals surface area contributed by atoms with Gasteiger partial charge >= 0.3 is 0 Å². The summed E-state index contributed by atoms with van der Waals surface area (Å²) in [5, 5.41) is 10.7. The molecule has 0 aliphatic heterocycles. The van der Waals surface area contributed by atoms with Crippen LogP contribution in [-0.2, 0) is 5.54 Å². The van der Waals surface area contributed by atoms with Crippen molar-refractivity contribution in [3.05, 3.63) is 46.4 Å². The van der Waals surface area contributed by atoms with Gasteiger partial charge in [-0.2, -0.15) is 0 Å². The van der Waals surface area contributed by atoms with Crippen molar-refractivity contribution in [1.29, 1.82) is 0 Å². The molecule has 6 nitrogen and oxygen atoms in total. The van der Waals surface area contributed by atoms with E-state index in [4.69, 9.17) is 5.73 Å². The Labute approximate surface area is 104 Å². The molecule has 2 rings (SSSR count). The van der Waals surface area contributed by atoms with Crippen molar-refractivity contribution in [3.63, 3.8) is 0 Å². The monoisotopic (exact) mass is 246 g/mol. The number of nitrogens with one attached hydrogen (secondary N) is 1. The number of rotatable bonds is 3. The maximum Gasteiger partial charge on any atom is 0.270 e. The maximum absolute atomic E-state index is 10.7. The summed E-state index contributed by atoms with van der Waals surface area (Å²) in [6, 6.07) is 6.38. The molecule has 3 N–H and O–H groups in total. The lowest BCUT2D eigenvalue weighted by molar-refractivity contribution is -0.384. The standard InChI is InChI=1S/C12H14N4O2/c1-12(2,13)11-14-7-10(15-11)8-4-3-5-9(6-8)16(17)18/h3-7H,13H2,1-2H3,(H,14,15). The summed E-state index contributed by atoms with van der Waals surface area (Å²) in [6.07, 6.45) is 1.63. The molecule has 0 aliphatic rings. The average molecular weight is 246 g/mol. The average Bonchev–Trinajstić information content (AvgIpc) is 2.78. The van der Waals surface area contributed by atoms with Crippen LogP contribution in [0, 0.1) is 10.1 Å². The minimum atomic E-state index is -0.570. The van der Waals surface area contributed by atoms with E-state index in [1.54, 1.807) is 18.3 Å². The third-order valence-electron chi connectivity index (χ3n) is 2.55. The van der Waals surface area contributed by atoms with Crippen LogP contribution in [0.4, 0.5) is 5.69 Å². The van der Waals surface area contributed by atoms with Crippen LogP contribution < -0.4 is 5.73 Å². The van der Waals surface area contributed by atoms with Crippen LogP contribution in [0.5, 0.6) is 0 Å². The van der Waals surface area contributed by atoms with Gasteiger partial charge in [0.1, 0.15) is 5.82 Å². The molecule has 0 amide bonds. The maximum atomic E-state index is 10.7. The molecule has 6 heteroatoms. The largest absolute Gasteiger partial charge is 0.340 e. The first-order chi connectivity index (χ1) is 8.38. The lowest BCUT2D eigenvalue weighted by Crippen LogP contribution is -2.30. The zero-order valence-electron chi connectivity index (χ0n) is 10.2. The van der Waals surface area contributed by atoms with Gasteiger partial charge in [0.2, 0.25) is 0 Å². The predicted molar refractivity (Wildman–Crippen MR) is 67.9 cm³/mol. The number of non-ortho nitro benzene ring substituents is 1. The molecule has 0 atom stereocenters. The Bertz CT molecular complexity index is 584. The number of H-pyrrole nitrogens is 1. The fourth-order valence-electron chi connectivity index (χ4n) is 1.58. The lowest BCUT2D eigenvalue weighted by Gasteiger charge is -2.14. The van der Waals surface area contributed by atoms with Gasteiger partial charge < -0.3 is 10.7 Å². The SMILES string of the molecule is CC(C)(N)c1ncc(-c2cccc([N+](=O)[O-])c2)[nH]1. The van der Waals surface area contributed by atoms with E-state index in [2.05, 4.69) is 9.97 Å². The van der Waals surface area contributed by atoms with Crippen LogP contribution >= 0.6 is 0 Å². The van der Waals surface area contributed by atoms with Crippen molar-refractivity contribution >= 4 is 5.69 Å². The molecule has 0 saturated carbocycles. The first kappa shape index (κ1) is 12.3. The molecule has 0 saturated heterocycles. The second kappa shape index (κ2) is 4.23. The van der Waals surface area contributed by atoms with E-state index in [-0.39, 0.29) is 5.69 Å².